The minimum atomic E-state index is 0.586. The molecule has 0 atom stereocenters. The van der Waals surface area contributed by atoms with Crippen LogP contribution >= 0.6 is 23.8 Å². The van der Waals surface area contributed by atoms with Gasteiger partial charge in [0.15, 0.2) is 4.77 Å². The predicted molar refractivity (Wildman–Crippen MR) is 92.3 cm³/mol. The third kappa shape index (κ3) is 3.13. The summed E-state index contributed by atoms with van der Waals surface area (Å²) in [6, 6.07) is 16.3. The van der Waals surface area contributed by atoms with Crippen molar-refractivity contribution in [1.82, 2.24) is 14.8 Å². The first-order valence-electron chi connectivity index (χ1n) is 7.12. The van der Waals surface area contributed by atoms with Gasteiger partial charge in [-0.3, -0.25) is 9.67 Å². The van der Waals surface area contributed by atoms with Crippen molar-refractivity contribution in [2.75, 3.05) is 0 Å². The molecule has 0 spiro atoms. The van der Waals surface area contributed by atoms with E-state index in [0.29, 0.717) is 4.77 Å². The van der Waals surface area contributed by atoms with E-state index in [2.05, 4.69) is 22.3 Å². The molecule has 0 amide bonds. The molecule has 0 aliphatic rings. The number of rotatable bonds is 4. The summed E-state index contributed by atoms with van der Waals surface area (Å²) in [6.07, 6.45) is 1.72. The molecule has 112 valence electrons. The molecule has 2 aromatic carbocycles. The maximum Gasteiger partial charge on any atom is 0.199 e. The van der Waals surface area contributed by atoms with Crippen LogP contribution in [0.25, 0.3) is 5.69 Å². The summed E-state index contributed by atoms with van der Waals surface area (Å²) < 4.78 is 2.53. The standard InChI is InChI=1S/C17H16ClN3S/c1-12-7-9-14(11-15(12)18)21-16(19-20-17(21)22)10-8-13-5-3-2-4-6-13/h2-7,9,11H,8,10H2,1H3,(H,20,22). The van der Waals surface area contributed by atoms with Crippen molar-refractivity contribution in [3.05, 3.63) is 75.3 Å². The highest BCUT2D eigenvalue weighted by Gasteiger charge is 2.09. The molecule has 22 heavy (non-hydrogen) atoms. The van der Waals surface area contributed by atoms with E-state index < -0.39 is 0 Å². The van der Waals surface area contributed by atoms with Crippen molar-refractivity contribution in [2.45, 2.75) is 19.8 Å². The van der Waals surface area contributed by atoms with Crippen LogP contribution in [0.1, 0.15) is 17.0 Å². The smallest absolute Gasteiger partial charge is 0.199 e. The number of aryl methyl sites for hydroxylation is 3. The Morgan fingerprint density at radius 3 is 2.64 bits per heavy atom. The van der Waals surface area contributed by atoms with Gasteiger partial charge in [0.05, 0.1) is 5.69 Å². The third-order valence-electron chi connectivity index (χ3n) is 3.64. The van der Waals surface area contributed by atoms with Crippen LogP contribution in [0.15, 0.2) is 48.5 Å². The van der Waals surface area contributed by atoms with Crippen molar-refractivity contribution in [1.29, 1.82) is 0 Å². The van der Waals surface area contributed by atoms with Gasteiger partial charge in [-0.05, 0) is 48.8 Å². The minimum absolute atomic E-state index is 0.586. The lowest BCUT2D eigenvalue weighted by Gasteiger charge is -2.08. The van der Waals surface area contributed by atoms with Crippen LogP contribution < -0.4 is 0 Å². The zero-order chi connectivity index (χ0) is 15.5. The lowest BCUT2D eigenvalue weighted by Crippen LogP contribution is -2.03. The molecule has 0 aliphatic heterocycles. The van der Waals surface area contributed by atoms with Crippen LogP contribution in [0.4, 0.5) is 0 Å². The number of nitrogens with zero attached hydrogens (tertiary/aromatic N) is 2. The molecule has 0 unspecified atom stereocenters. The maximum atomic E-state index is 6.23. The van der Waals surface area contributed by atoms with Gasteiger partial charge in [0, 0.05) is 11.4 Å². The fraction of sp³-hybridized carbons (Fsp3) is 0.176. The molecular weight excluding hydrogens is 314 g/mol. The molecule has 0 fully saturated rings. The molecule has 0 aliphatic carbocycles. The van der Waals surface area contributed by atoms with E-state index in [1.165, 1.54) is 5.56 Å². The average molecular weight is 330 g/mol. The normalized spacial score (nSPS) is 10.8. The quantitative estimate of drug-likeness (QED) is 0.705. The number of hydrogen-bond acceptors (Lipinski definition) is 2. The summed E-state index contributed by atoms with van der Waals surface area (Å²) in [6.45, 7) is 1.98. The number of hydrogen-bond donors (Lipinski definition) is 1. The molecule has 0 radical (unpaired) electrons. The number of benzene rings is 2. The second-order valence-electron chi connectivity index (χ2n) is 5.20. The van der Waals surface area contributed by atoms with Gasteiger partial charge in [0.2, 0.25) is 0 Å². The van der Waals surface area contributed by atoms with E-state index in [1.807, 2.05) is 47.9 Å². The number of halogens is 1. The summed E-state index contributed by atoms with van der Waals surface area (Å²) >= 11 is 11.6. The highest BCUT2D eigenvalue weighted by molar-refractivity contribution is 7.71. The molecule has 0 saturated heterocycles. The fourth-order valence-corrected chi connectivity index (χ4v) is 2.82. The lowest BCUT2D eigenvalue weighted by atomic mass is 10.1. The fourth-order valence-electron chi connectivity index (χ4n) is 2.39. The molecule has 3 nitrogen and oxygen atoms in total. The van der Waals surface area contributed by atoms with Gasteiger partial charge >= 0.3 is 0 Å². The van der Waals surface area contributed by atoms with Crippen molar-refractivity contribution in [3.63, 3.8) is 0 Å². The molecule has 1 N–H and O–H groups in total. The summed E-state index contributed by atoms with van der Waals surface area (Å²) in [5, 5.41) is 7.97. The SMILES string of the molecule is Cc1ccc(-n2c(CCc3ccccc3)n[nH]c2=S)cc1Cl. The molecule has 3 aromatic rings. The summed E-state index contributed by atoms with van der Waals surface area (Å²) in [5.74, 6) is 0.911. The van der Waals surface area contributed by atoms with Crippen LogP contribution in [-0.2, 0) is 12.8 Å². The second-order valence-corrected chi connectivity index (χ2v) is 5.99. The van der Waals surface area contributed by atoms with Gasteiger partial charge in [-0.1, -0.05) is 48.0 Å². The summed E-state index contributed by atoms with van der Waals surface area (Å²) in [4.78, 5) is 0. The van der Waals surface area contributed by atoms with Crippen molar-refractivity contribution in [2.24, 2.45) is 0 Å². The van der Waals surface area contributed by atoms with E-state index in [4.69, 9.17) is 23.8 Å². The average Bonchev–Trinajstić information content (AvgIpc) is 2.90. The largest absolute Gasteiger partial charge is 0.272 e. The third-order valence-corrected chi connectivity index (χ3v) is 4.32. The zero-order valence-electron chi connectivity index (χ0n) is 12.2. The number of nitrogens with one attached hydrogen (secondary N) is 1. The van der Waals surface area contributed by atoms with E-state index in [-0.39, 0.29) is 0 Å². The number of H-pyrrole nitrogens is 1. The second kappa shape index (κ2) is 6.46. The lowest BCUT2D eigenvalue weighted by molar-refractivity contribution is 0.820. The highest BCUT2D eigenvalue weighted by Crippen LogP contribution is 2.21. The Morgan fingerprint density at radius 1 is 1.14 bits per heavy atom. The molecular formula is C17H16ClN3S. The van der Waals surface area contributed by atoms with Crippen molar-refractivity contribution in [3.8, 4) is 5.69 Å². The van der Waals surface area contributed by atoms with Crippen LogP contribution in [0, 0.1) is 11.7 Å². The topological polar surface area (TPSA) is 33.6 Å². The van der Waals surface area contributed by atoms with Crippen LogP contribution in [0.5, 0.6) is 0 Å². The molecule has 1 heterocycles. The summed E-state index contributed by atoms with van der Waals surface area (Å²) in [7, 11) is 0. The molecule has 5 heteroatoms. The van der Waals surface area contributed by atoms with Gasteiger partial charge in [-0.25, -0.2) is 0 Å². The zero-order valence-corrected chi connectivity index (χ0v) is 13.8. The number of aromatic amines is 1. The van der Waals surface area contributed by atoms with Crippen molar-refractivity contribution >= 4 is 23.8 Å². The van der Waals surface area contributed by atoms with Crippen LogP contribution in [0.2, 0.25) is 5.02 Å². The molecule has 0 saturated carbocycles. The van der Waals surface area contributed by atoms with Gasteiger partial charge in [-0.15, -0.1) is 0 Å². The molecule has 1 aromatic heterocycles. The Morgan fingerprint density at radius 2 is 1.91 bits per heavy atom. The van der Waals surface area contributed by atoms with Gasteiger partial charge in [-0.2, -0.15) is 5.10 Å². The first kappa shape index (κ1) is 15.0. The van der Waals surface area contributed by atoms with Gasteiger partial charge in [0.1, 0.15) is 5.82 Å². The Labute approximate surface area is 139 Å². The monoisotopic (exact) mass is 329 g/mol. The molecule has 0 bridgehead atoms. The first-order chi connectivity index (χ1) is 10.6. The van der Waals surface area contributed by atoms with Gasteiger partial charge in [0.25, 0.3) is 0 Å². The van der Waals surface area contributed by atoms with E-state index in [0.717, 1.165) is 34.9 Å². The summed E-state index contributed by atoms with van der Waals surface area (Å²) in [5.41, 5.74) is 3.27. The molecule has 3 rings (SSSR count). The minimum Gasteiger partial charge on any atom is -0.272 e. The van der Waals surface area contributed by atoms with E-state index in [1.54, 1.807) is 0 Å². The maximum absolute atomic E-state index is 6.23. The highest BCUT2D eigenvalue weighted by atomic mass is 35.5. The van der Waals surface area contributed by atoms with Crippen LogP contribution in [-0.4, -0.2) is 14.8 Å². The Hall–Kier alpha value is -1.91. The van der Waals surface area contributed by atoms with Crippen LogP contribution in [0.3, 0.4) is 0 Å². The first-order valence-corrected chi connectivity index (χ1v) is 7.90. The van der Waals surface area contributed by atoms with E-state index >= 15 is 0 Å². The van der Waals surface area contributed by atoms with Crippen molar-refractivity contribution < 1.29 is 0 Å². The Kier molecular flexibility index (Phi) is 4.41. The van der Waals surface area contributed by atoms with Gasteiger partial charge < -0.3 is 0 Å². The predicted octanol–water partition coefficient (Wildman–Crippen LogP) is 4.68. The number of aromatic nitrogens is 3. The van der Waals surface area contributed by atoms with E-state index in [9.17, 15) is 0 Å². The Balaban J connectivity index is 1.90. The Bertz CT molecular complexity index is 837.